The third kappa shape index (κ3) is 6.66. The molecule has 1 aliphatic rings. The van der Waals surface area contributed by atoms with Crippen molar-refractivity contribution >= 4 is 62.6 Å². The summed E-state index contributed by atoms with van der Waals surface area (Å²) < 4.78 is 27.6. The van der Waals surface area contributed by atoms with E-state index in [0.717, 1.165) is 11.1 Å². The summed E-state index contributed by atoms with van der Waals surface area (Å²) in [5.74, 6) is -0.430. The lowest BCUT2D eigenvalue weighted by molar-refractivity contribution is -0.118. The summed E-state index contributed by atoms with van der Waals surface area (Å²) in [6.45, 7) is 1.19. The zero-order valence-electron chi connectivity index (χ0n) is 24.0. The quantitative estimate of drug-likeness (QED) is 0.173. The average molecular weight is 673 g/mol. The van der Waals surface area contributed by atoms with Gasteiger partial charge in [0.2, 0.25) is 0 Å². The molecule has 1 unspecified atom stereocenters. The van der Waals surface area contributed by atoms with Gasteiger partial charge in [-0.1, -0.05) is 47.5 Å². The average Bonchev–Trinajstić information content (AvgIpc) is 3.83. The molecule has 4 heterocycles. The number of benzene rings is 2. The molecule has 0 fully saturated rings. The number of rotatable bonds is 11. The molecule has 11 nitrogen and oxygen atoms in total. The van der Waals surface area contributed by atoms with E-state index in [4.69, 9.17) is 37.8 Å². The van der Waals surface area contributed by atoms with Gasteiger partial charge in [-0.3, -0.25) is 14.8 Å². The van der Waals surface area contributed by atoms with Crippen LogP contribution in [0.3, 0.4) is 0 Å². The highest BCUT2D eigenvalue weighted by atomic mass is 35.5. The molecule has 2 amide bonds. The fourth-order valence-corrected chi connectivity index (χ4v) is 6.31. The van der Waals surface area contributed by atoms with Gasteiger partial charge in [-0.25, -0.2) is 19.2 Å². The van der Waals surface area contributed by atoms with Crippen molar-refractivity contribution < 1.29 is 23.5 Å². The minimum atomic E-state index is -1.06. The molecule has 15 heteroatoms. The second-order valence-corrected chi connectivity index (χ2v) is 12.0. The number of aromatic nitrogens is 5. The number of anilines is 1. The number of ether oxygens (including phenoxy) is 2. The maximum Gasteiger partial charge on any atom is 0.407 e. The largest absolute Gasteiger partial charge is 0.449 e. The molecular formula is C30H28Cl2FN7O4S. The summed E-state index contributed by atoms with van der Waals surface area (Å²) in [7, 11) is 1.56. The maximum absolute atomic E-state index is 14.3. The Morgan fingerprint density at radius 1 is 1.20 bits per heavy atom. The Bertz CT molecular complexity index is 1830. The number of fused-ring (bicyclic) bond motifs is 2. The molecule has 3 aromatic heterocycles. The summed E-state index contributed by atoms with van der Waals surface area (Å²) in [6, 6.07) is 8.38. The Balaban J connectivity index is 1.27. The first-order valence-corrected chi connectivity index (χ1v) is 15.7. The van der Waals surface area contributed by atoms with Crippen LogP contribution in [-0.4, -0.2) is 69.4 Å². The molecule has 2 N–H and O–H groups in total. The number of carbonyl (C=O) groups is 2. The van der Waals surface area contributed by atoms with Crippen LogP contribution in [-0.2, 0) is 33.7 Å². The predicted molar refractivity (Wildman–Crippen MR) is 170 cm³/mol. The zero-order valence-corrected chi connectivity index (χ0v) is 26.3. The zero-order chi connectivity index (χ0) is 31.5. The highest BCUT2D eigenvalue weighted by Crippen LogP contribution is 2.39. The van der Waals surface area contributed by atoms with Crippen LogP contribution in [0.5, 0.6) is 0 Å². The number of thiazole rings is 1. The summed E-state index contributed by atoms with van der Waals surface area (Å²) in [6.07, 6.45) is 3.91. The Morgan fingerprint density at radius 3 is 2.78 bits per heavy atom. The van der Waals surface area contributed by atoms with Gasteiger partial charge in [0, 0.05) is 60.9 Å². The van der Waals surface area contributed by atoms with Gasteiger partial charge in [0.05, 0.1) is 41.8 Å². The lowest BCUT2D eigenvalue weighted by atomic mass is 10.0. The molecule has 0 saturated carbocycles. The standard InChI is InChI=1S/C30H28Cl2FN7O4S/c1-43-10-7-35-30(42)44-9-6-17-2-4-18(5-3-17)20-13-22(31)21-15-40(38-25(21)24(20)32)27(28(41)37-29-34-8-11-45-29)26-23-12-19(33)14-39(23)16-36-26/h2-5,8,11,13,15-16,19,27H,6-7,9-10,12,14H2,1H3,(H,35,42)(H,34,37,41)/t19-,27?/m1/s1. The molecule has 0 saturated heterocycles. The molecular weight excluding hydrogens is 644 g/mol. The SMILES string of the molecule is COCCNC(=O)OCCc1ccc(-c2cc(Cl)c3cn(C(C(=O)Nc4nccs4)c4ncn5c4C[C@@H](F)C5)nc3c2Cl)cc1. The van der Waals surface area contributed by atoms with Crippen molar-refractivity contribution in [3.05, 3.63) is 81.4 Å². The van der Waals surface area contributed by atoms with Crippen molar-refractivity contribution in [2.45, 2.75) is 31.6 Å². The monoisotopic (exact) mass is 671 g/mol. The Kier molecular flexibility index (Phi) is 9.31. The van der Waals surface area contributed by atoms with Crippen molar-refractivity contribution in [2.24, 2.45) is 0 Å². The van der Waals surface area contributed by atoms with E-state index in [2.05, 4.69) is 20.6 Å². The van der Waals surface area contributed by atoms with E-state index in [1.54, 1.807) is 41.8 Å². The van der Waals surface area contributed by atoms with Crippen LogP contribution >= 0.6 is 34.5 Å². The van der Waals surface area contributed by atoms with Crippen LogP contribution in [0, 0.1) is 0 Å². The third-order valence-corrected chi connectivity index (χ3v) is 8.78. The smallest absolute Gasteiger partial charge is 0.407 e. The fourth-order valence-electron chi connectivity index (χ4n) is 5.23. The van der Waals surface area contributed by atoms with Crippen molar-refractivity contribution in [3.63, 3.8) is 0 Å². The Hall–Kier alpha value is -4.04. The molecule has 5 aromatic rings. The van der Waals surface area contributed by atoms with Gasteiger partial charge in [-0.2, -0.15) is 5.10 Å². The van der Waals surface area contributed by atoms with Crippen molar-refractivity contribution in [1.29, 1.82) is 0 Å². The van der Waals surface area contributed by atoms with Crippen molar-refractivity contribution in [2.75, 3.05) is 32.2 Å². The number of amides is 2. The second kappa shape index (κ2) is 13.5. The van der Waals surface area contributed by atoms with Crippen LogP contribution in [0.15, 0.2) is 54.4 Å². The molecule has 0 aliphatic carbocycles. The molecule has 0 bridgehead atoms. The molecule has 234 valence electrons. The molecule has 0 radical (unpaired) electrons. The lowest BCUT2D eigenvalue weighted by Crippen LogP contribution is -2.28. The number of halogens is 3. The van der Waals surface area contributed by atoms with Gasteiger partial charge in [0.15, 0.2) is 11.2 Å². The fraction of sp³-hybridized carbons (Fsp3) is 0.300. The first kappa shape index (κ1) is 31.0. The summed E-state index contributed by atoms with van der Waals surface area (Å²) in [4.78, 5) is 34.1. The number of alkyl carbamates (subject to hydrolysis) is 1. The van der Waals surface area contributed by atoms with Gasteiger partial charge in [0.25, 0.3) is 5.91 Å². The minimum absolute atomic E-state index is 0.145. The predicted octanol–water partition coefficient (Wildman–Crippen LogP) is 5.70. The van der Waals surface area contributed by atoms with Crippen LogP contribution in [0.2, 0.25) is 10.0 Å². The van der Waals surface area contributed by atoms with E-state index in [1.165, 1.54) is 16.0 Å². The highest BCUT2D eigenvalue weighted by Gasteiger charge is 2.34. The van der Waals surface area contributed by atoms with Gasteiger partial charge in [0.1, 0.15) is 11.7 Å². The number of carbonyl (C=O) groups excluding carboxylic acids is 2. The van der Waals surface area contributed by atoms with Gasteiger partial charge in [-0.05, 0) is 17.2 Å². The second-order valence-electron chi connectivity index (χ2n) is 10.4. The maximum atomic E-state index is 14.3. The van der Waals surface area contributed by atoms with Crippen molar-refractivity contribution in [1.82, 2.24) is 29.6 Å². The van der Waals surface area contributed by atoms with E-state index in [0.29, 0.717) is 62.6 Å². The highest BCUT2D eigenvalue weighted by molar-refractivity contribution is 7.13. The number of nitrogens with one attached hydrogen (secondary N) is 2. The van der Waals surface area contributed by atoms with Crippen LogP contribution in [0.25, 0.3) is 22.0 Å². The molecule has 0 spiro atoms. The molecule has 1 aliphatic heterocycles. The third-order valence-electron chi connectivity index (χ3n) is 7.39. The molecule has 2 aromatic carbocycles. The van der Waals surface area contributed by atoms with Gasteiger partial charge >= 0.3 is 6.09 Å². The minimum Gasteiger partial charge on any atom is -0.449 e. The normalized spacial score (nSPS) is 14.8. The molecule has 6 rings (SSSR count). The van der Waals surface area contributed by atoms with E-state index in [9.17, 15) is 14.0 Å². The molecule has 2 atom stereocenters. The number of methoxy groups -OCH3 is 1. The first-order chi connectivity index (χ1) is 21.8. The van der Waals surface area contributed by atoms with Crippen LogP contribution in [0.1, 0.15) is 23.0 Å². The van der Waals surface area contributed by atoms with E-state index < -0.39 is 24.2 Å². The summed E-state index contributed by atoms with van der Waals surface area (Å²) in [5.41, 5.74) is 3.87. The Labute approximate surface area is 271 Å². The Morgan fingerprint density at radius 2 is 2.02 bits per heavy atom. The number of imidazole rings is 1. The van der Waals surface area contributed by atoms with E-state index >= 15 is 0 Å². The molecule has 45 heavy (non-hydrogen) atoms. The topological polar surface area (TPSA) is 125 Å². The van der Waals surface area contributed by atoms with E-state index in [1.807, 2.05) is 24.3 Å². The number of nitrogens with zero attached hydrogens (tertiary/aromatic N) is 5. The van der Waals surface area contributed by atoms with Crippen molar-refractivity contribution in [3.8, 4) is 11.1 Å². The van der Waals surface area contributed by atoms with Gasteiger partial charge in [-0.15, -0.1) is 11.3 Å². The number of alkyl halides is 1. The summed E-state index contributed by atoms with van der Waals surface area (Å²) >= 11 is 15.0. The number of hydrogen-bond donors (Lipinski definition) is 2. The number of hydrogen-bond acceptors (Lipinski definition) is 8. The first-order valence-electron chi connectivity index (χ1n) is 14.1. The van der Waals surface area contributed by atoms with E-state index in [-0.39, 0.29) is 19.6 Å². The summed E-state index contributed by atoms with van der Waals surface area (Å²) in [5, 5.41) is 13.6. The van der Waals surface area contributed by atoms with Crippen LogP contribution in [0.4, 0.5) is 14.3 Å². The van der Waals surface area contributed by atoms with Gasteiger partial charge < -0.3 is 19.4 Å². The van der Waals surface area contributed by atoms with Crippen LogP contribution < -0.4 is 10.6 Å². The lowest BCUT2D eigenvalue weighted by Gasteiger charge is -2.16.